The molecule has 1 saturated heterocycles. The number of allylic oxidation sites excluding steroid dienone is 2. The molecular weight excluding hydrogens is 456 g/mol. The summed E-state index contributed by atoms with van der Waals surface area (Å²) in [7, 11) is 0. The molecule has 4 aliphatic carbocycles. The van der Waals surface area contributed by atoms with Gasteiger partial charge >= 0.3 is 11.9 Å². The van der Waals surface area contributed by atoms with E-state index in [1.54, 1.807) is 18.6 Å². The van der Waals surface area contributed by atoms with Crippen LogP contribution in [-0.4, -0.2) is 23.8 Å². The van der Waals surface area contributed by atoms with E-state index in [0.717, 1.165) is 31.2 Å². The third-order valence-electron chi connectivity index (χ3n) is 12.1. The van der Waals surface area contributed by atoms with Gasteiger partial charge in [0.25, 0.3) is 0 Å². The van der Waals surface area contributed by atoms with Crippen LogP contribution >= 0.6 is 0 Å². The van der Waals surface area contributed by atoms with E-state index in [1.165, 1.54) is 6.92 Å². The molecule has 1 aromatic rings. The van der Waals surface area contributed by atoms with Gasteiger partial charge in [-0.15, -0.1) is 0 Å². The number of hydrogen-bond acceptors (Lipinski definition) is 6. The van der Waals surface area contributed by atoms with E-state index in [9.17, 15) is 14.4 Å². The van der Waals surface area contributed by atoms with Crippen molar-refractivity contribution in [1.29, 1.82) is 0 Å². The highest BCUT2D eigenvalue weighted by molar-refractivity contribution is 5.95. The van der Waals surface area contributed by atoms with Gasteiger partial charge in [-0.3, -0.25) is 14.4 Å². The fourth-order valence-electron chi connectivity index (χ4n) is 10.4. The van der Waals surface area contributed by atoms with Crippen molar-refractivity contribution in [2.75, 3.05) is 0 Å². The van der Waals surface area contributed by atoms with Crippen molar-refractivity contribution in [1.82, 2.24) is 0 Å². The summed E-state index contributed by atoms with van der Waals surface area (Å²) in [6, 6.07) is 1.91. The van der Waals surface area contributed by atoms with Gasteiger partial charge in [-0.25, -0.2) is 0 Å². The van der Waals surface area contributed by atoms with Gasteiger partial charge in [-0.05, 0) is 61.5 Å². The Labute approximate surface area is 213 Å². The molecule has 6 rings (SSSR count). The highest BCUT2D eigenvalue weighted by atomic mass is 16.6. The van der Waals surface area contributed by atoms with E-state index < -0.39 is 16.9 Å². The topological polar surface area (TPSA) is 82.8 Å². The molecule has 1 spiro atoms. The van der Waals surface area contributed by atoms with Crippen LogP contribution in [0.5, 0.6) is 0 Å². The lowest BCUT2D eigenvalue weighted by Crippen LogP contribution is -2.77. The molecule has 1 unspecified atom stereocenters. The summed E-state index contributed by atoms with van der Waals surface area (Å²) in [6.07, 6.45) is 10.6. The summed E-state index contributed by atoms with van der Waals surface area (Å²) >= 11 is 0. The van der Waals surface area contributed by atoms with Crippen LogP contribution < -0.4 is 0 Å². The van der Waals surface area contributed by atoms with Gasteiger partial charge in [0, 0.05) is 34.1 Å². The van der Waals surface area contributed by atoms with Gasteiger partial charge in [0.2, 0.25) is 0 Å². The van der Waals surface area contributed by atoms with Crippen LogP contribution in [0.15, 0.2) is 35.2 Å². The van der Waals surface area contributed by atoms with Crippen LogP contribution in [0.1, 0.15) is 85.3 Å². The van der Waals surface area contributed by atoms with Crippen LogP contribution in [0.25, 0.3) is 0 Å². The summed E-state index contributed by atoms with van der Waals surface area (Å²) in [6.45, 7) is 12.4. The van der Waals surface area contributed by atoms with Gasteiger partial charge in [0.15, 0.2) is 5.78 Å². The number of ether oxygens (including phenoxy) is 2. The van der Waals surface area contributed by atoms with Gasteiger partial charge < -0.3 is 13.9 Å². The fourth-order valence-corrected chi connectivity index (χ4v) is 10.4. The molecule has 194 valence electrons. The van der Waals surface area contributed by atoms with Gasteiger partial charge in [-0.1, -0.05) is 40.7 Å². The molecule has 6 heteroatoms. The number of carbonyl (C=O) groups is 3. The molecule has 0 bridgehead atoms. The summed E-state index contributed by atoms with van der Waals surface area (Å²) in [5.41, 5.74) is -1.07. The number of esters is 2. The molecule has 9 atom stereocenters. The Morgan fingerprint density at radius 2 is 1.81 bits per heavy atom. The first kappa shape index (κ1) is 24.0. The Kier molecular flexibility index (Phi) is 4.76. The summed E-state index contributed by atoms with van der Waals surface area (Å²) in [4.78, 5) is 39.2. The van der Waals surface area contributed by atoms with Crippen LogP contribution in [-0.2, 0) is 23.9 Å². The number of carbonyl (C=O) groups excluding carboxylic acids is 3. The van der Waals surface area contributed by atoms with Crippen LogP contribution in [0.4, 0.5) is 0 Å². The third kappa shape index (κ3) is 2.51. The number of rotatable bonds is 2. The van der Waals surface area contributed by atoms with Crippen molar-refractivity contribution < 1.29 is 28.3 Å². The largest absolute Gasteiger partial charge is 0.472 e. The Bertz CT molecular complexity index is 1160. The Hall–Kier alpha value is -2.37. The van der Waals surface area contributed by atoms with Gasteiger partial charge in [-0.2, -0.15) is 0 Å². The molecule has 5 aliphatic rings. The number of hydrogen-bond donors (Lipinski definition) is 0. The Morgan fingerprint density at radius 1 is 1.06 bits per heavy atom. The standard InChI is InChI=1S/C30H38O6/c1-17(31)35-23-15-21-26(2,3)22(32)9-11-27(21,4)20-8-12-28(5)24(18-10-14-34-16-18)36-25(33)19-7-13-30(19,28)29(20,23)6/h9-11,14,16,19-21,23-24H,7-8,12-13,15H2,1-6H3/t19-,20-,21?,23-,24+,27-,28+,29+,30+/m1/s1. The number of ketones is 1. The maximum absolute atomic E-state index is 13.6. The van der Waals surface area contributed by atoms with Crippen LogP contribution in [0.2, 0.25) is 0 Å². The predicted octanol–water partition coefficient (Wildman–Crippen LogP) is 5.82. The summed E-state index contributed by atoms with van der Waals surface area (Å²) in [5, 5.41) is 0. The minimum atomic E-state index is -0.550. The van der Waals surface area contributed by atoms with Crippen molar-refractivity contribution in [2.24, 2.45) is 44.8 Å². The highest BCUT2D eigenvalue weighted by Gasteiger charge is 2.81. The molecule has 4 fully saturated rings. The van der Waals surface area contributed by atoms with Crippen LogP contribution in [0, 0.1) is 44.8 Å². The van der Waals surface area contributed by atoms with E-state index in [-0.39, 0.29) is 57.8 Å². The Balaban J connectivity index is 1.58. The molecule has 0 N–H and O–H groups in total. The first-order valence-corrected chi connectivity index (χ1v) is 13.5. The van der Waals surface area contributed by atoms with Crippen LogP contribution in [0.3, 0.4) is 0 Å². The fraction of sp³-hybridized carbons (Fsp3) is 0.700. The van der Waals surface area contributed by atoms with E-state index in [2.05, 4.69) is 26.8 Å². The summed E-state index contributed by atoms with van der Waals surface area (Å²) < 4.78 is 17.9. The number of fused-ring (bicyclic) bond motifs is 3. The van der Waals surface area contributed by atoms with Crippen molar-refractivity contribution in [3.05, 3.63) is 36.3 Å². The molecule has 1 aliphatic heterocycles. The van der Waals surface area contributed by atoms with E-state index >= 15 is 0 Å². The average molecular weight is 495 g/mol. The normalized spacial score (nSPS) is 48.4. The number of furan rings is 1. The van der Waals surface area contributed by atoms with Crippen molar-refractivity contribution in [2.45, 2.75) is 85.9 Å². The smallest absolute Gasteiger partial charge is 0.310 e. The van der Waals surface area contributed by atoms with Gasteiger partial charge in [0.1, 0.15) is 12.2 Å². The third-order valence-corrected chi connectivity index (χ3v) is 12.1. The molecule has 36 heavy (non-hydrogen) atoms. The molecule has 3 saturated carbocycles. The zero-order chi connectivity index (χ0) is 25.9. The monoisotopic (exact) mass is 494 g/mol. The second-order valence-corrected chi connectivity index (χ2v) is 13.4. The molecule has 0 amide bonds. The lowest BCUT2D eigenvalue weighted by atomic mass is 9.26. The second kappa shape index (κ2) is 7.14. The lowest BCUT2D eigenvalue weighted by Gasteiger charge is -2.78. The molecule has 2 heterocycles. The average Bonchev–Trinajstić information content (AvgIpc) is 3.29. The zero-order valence-electron chi connectivity index (χ0n) is 22.3. The maximum atomic E-state index is 13.6. The minimum Gasteiger partial charge on any atom is -0.472 e. The van der Waals surface area contributed by atoms with E-state index in [4.69, 9.17) is 13.9 Å². The van der Waals surface area contributed by atoms with Crippen molar-refractivity contribution in [3.8, 4) is 0 Å². The second-order valence-electron chi connectivity index (χ2n) is 13.4. The number of cyclic esters (lactones) is 1. The highest BCUT2D eigenvalue weighted by Crippen LogP contribution is 2.82. The SMILES string of the molecule is CC(=O)O[C@@H]1CC2C(C)(C)C(=O)C=C[C@]2(C)[C@H]2CC[C@@]3(C)[C@H](c4ccoc4)OC(=O)[C@H]4CC[C@]43[C@]12C. The van der Waals surface area contributed by atoms with Crippen molar-refractivity contribution in [3.63, 3.8) is 0 Å². The quantitative estimate of drug-likeness (QED) is 0.482. The maximum Gasteiger partial charge on any atom is 0.310 e. The summed E-state index contributed by atoms with van der Waals surface area (Å²) in [5.74, 6) is -0.331. The molecule has 6 nitrogen and oxygen atoms in total. The lowest BCUT2D eigenvalue weighted by molar-refractivity contribution is -0.341. The minimum absolute atomic E-state index is 0.0458. The predicted molar refractivity (Wildman–Crippen MR) is 131 cm³/mol. The van der Waals surface area contributed by atoms with E-state index in [0.29, 0.717) is 6.42 Å². The molecule has 0 aromatic carbocycles. The zero-order valence-corrected chi connectivity index (χ0v) is 22.3. The Morgan fingerprint density at radius 3 is 2.42 bits per heavy atom. The first-order valence-electron chi connectivity index (χ1n) is 13.5. The van der Waals surface area contributed by atoms with Gasteiger partial charge in [0.05, 0.1) is 18.4 Å². The van der Waals surface area contributed by atoms with E-state index in [1.807, 2.05) is 19.9 Å². The molecular formula is C30H38O6. The van der Waals surface area contributed by atoms with Crippen molar-refractivity contribution >= 4 is 17.7 Å². The molecule has 0 radical (unpaired) electrons. The first-order chi connectivity index (χ1) is 16.8. The molecule has 1 aromatic heterocycles.